The molecule has 1 aliphatic heterocycles. The molecule has 0 saturated carbocycles. The average Bonchev–Trinajstić information content (AvgIpc) is 2.86. The summed E-state index contributed by atoms with van der Waals surface area (Å²) in [6, 6.07) is 17.6. The van der Waals surface area contributed by atoms with Crippen LogP contribution in [0.3, 0.4) is 0 Å². The van der Waals surface area contributed by atoms with E-state index in [1.807, 2.05) is 52.0 Å². The molecule has 1 amide bonds. The molecule has 7 nitrogen and oxygen atoms in total. The van der Waals surface area contributed by atoms with Crippen LogP contribution in [0.5, 0.6) is 11.5 Å². The Bertz CT molecular complexity index is 1370. The molecule has 1 aliphatic rings. The lowest BCUT2D eigenvalue weighted by atomic mass is 10.0. The zero-order valence-corrected chi connectivity index (χ0v) is 22.1. The number of hydrogen-bond acceptors (Lipinski definition) is 5. The van der Waals surface area contributed by atoms with Crippen molar-refractivity contribution in [1.82, 2.24) is 5.32 Å². The molecular weight excluding hydrogens is 476 g/mol. The Morgan fingerprint density at radius 3 is 2.39 bits per heavy atom. The number of sulfonamides is 1. The van der Waals surface area contributed by atoms with Gasteiger partial charge in [0.1, 0.15) is 11.5 Å². The second-order valence-electron chi connectivity index (χ2n) is 9.13. The zero-order valence-electron chi connectivity index (χ0n) is 21.2. The SMILES string of the molecule is CCC(NC(=O)C1CN(S(=O)(=O)c2ccc(C)cc2)c2cc(C)ccc2O1)c1ccc(OC)c(C)c1. The first-order valence-electron chi connectivity index (χ1n) is 12.0. The Balaban J connectivity index is 1.64. The van der Waals surface area contributed by atoms with Gasteiger partial charge in [0, 0.05) is 0 Å². The van der Waals surface area contributed by atoms with Crippen LogP contribution in [0.2, 0.25) is 0 Å². The number of anilines is 1. The van der Waals surface area contributed by atoms with E-state index in [0.717, 1.165) is 28.0 Å². The van der Waals surface area contributed by atoms with Crippen LogP contribution < -0.4 is 19.1 Å². The highest BCUT2D eigenvalue weighted by Crippen LogP contribution is 2.38. The summed E-state index contributed by atoms with van der Waals surface area (Å²) >= 11 is 0. The van der Waals surface area contributed by atoms with Crippen molar-refractivity contribution in [3.8, 4) is 11.5 Å². The lowest BCUT2D eigenvalue weighted by Crippen LogP contribution is -2.51. The number of methoxy groups -OCH3 is 1. The second-order valence-corrected chi connectivity index (χ2v) is 11.0. The zero-order chi connectivity index (χ0) is 26.0. The number of ether oxygens (including phenoxy) is 2. The highest BCUT2D eigenvalue weighted by Gasteiger charge is 2.38. The van der Waals surface area contributed by atoms with Gasteiger partial charge in [-0.25, -0.2) is 8.42 Å². The molecule has 0 saturated heterocycles. The van der Waals surface area contributed by atoms with Gasteiger partial charge in [-0.1, -0.05) is 42.8 Å². The molecule has 0 radical (unpaired) electrons. The Morgan fingerprint density at radius 1 is 1.06 bits per heavy atom. The highest BCUT2D eigenvalue weighted by atomic mass is 32.2. The number of fused-ring (bicyclic) bond motifs is 1. The Morgan fingerprint density at radius 2 is 1.75 bits per heavy atom. The predicted molar refractivity (Wildman–Crippen MR) is 140 cm³/mol. The summed E-state index contributed by atoms with van der Waals surface area (Å²) in [5, 5.41) is 3.05. The largest absolute Gasteiger partial charge is 0.496 e. The van der Waals surface area contributed by atoms with E-state index in [0.29, 0.717) is 17.9 Å². The van der Waals surface area contributed by atoms with Crippen molar-refractivity contribution in [2.24, 2.45) is 0 Å². The monoisotopic (exact) mass is 508 g/mol. The standard InChI is InChI=1S/C28H32N2O5S/c1-6-23(21-10-14-25(34-5)20(4)16-21)29-28(31)27-17-30(24-15-19(3)9-13-26(24)35-27)36(32,33)22-11-7-18(2)8-12-22/h7-16,23,27H,6,17H2,1-5H3,(H,29,31). The maximum atomic E-state index is 13.7. The van der Waals surface area contributed by atoms with Gasteiger partial charge in [0.25, 0.3) is 15.9 Å². The number of amides is 1. The molecule has 3 aromatic rings. The maximum Gasteiger partial charge on any atom is 0.264 e. The molecule has 36 heavy (non-hydrogen) atoms. The lowest BCUT2D eigenvalue weighted by Gasteiger charge is -2.35. The van der Waals surface area contributed by atoms with E-state index in [-0.39, 0.29) is 23.4 Å². The summed E-state index contributed by atoms with van der Waals surface area (Å²) in [6.45, 7) is 7.60. The second kappa shape index (κ2) is 10.2. The molecule has 0 fully saturated rings. The van der Waals surface area contributed by atoms with Gasteiger partial charge < -0.3 is 14.8 Å². The van der Waals surface area contributed by atoms with Gasteiger partial charge in [-0.15, -0.1) is 0 Å². The Kier molecular flexibility index (Phi) is 7.26. The van der Waals surface area contributed by atoms with E-state index < -0.39 is 16.1 Å². The summed E-state index contributed by atoms with van der Waals surface area (Å²) in [5.74, 6) is 0.765. The summed E-state index contributed by atoms with van der Waals surface area (Å²) in [5.41, 5.74) is 4.20. The first kappa shape index (κ1) is 25.6. The van der Waals surface area contributed by atoms with Crippen LogP contribution in [-0.2, 0) is 14.8 Å². The van der Waals surface area contributed by atoms with Gasteiger partial charge in [0.2, 0.25) is 0 Å². The molecule has 0 aromatic heterocycles. The van der Waals surface area contributed by atoms with Gasteiger partial charge in [0.15, 0.2) is 6.10 Å². The predicted octanol–water partition coefficient (Wildman–Crippen LogP) is 4.84. The fourth-order valence-corrected chi connectivity index (χ4v) is 5.83. The summed E-state index contributed by atoms with van der Waals surface area (Å²) in [4.78, 5) is 13.6. The van der Waals surface area contributed by atoms with Crippen molar-refractivity contribution >= 4 is 21.6 Å². The van der Waals surface area contributed by atoms with Crippen LogP contribution in [-0.4, -0.2) is 34.1 Å². The normalized spacial score (nSPS) is 16.0. The minimum atomic E-state index is -3.92. The van der Waals surface area contributed by atoms with E-state index in [2.05, 4.69) is 5.32 Å². The minimum Gasteiger partial charge on any atom is -0.496 e. The van der Waals surface area contributed by atoms with Gasteiger partial charge in [-0.3, -0.25) is 9.10 Å². The molecule has 190 valence electrons. The van der Waals surface area contributed by atoms with Crippen LogP contribution in [0.4, 0.5) is 5.69 Å². The van der Waals surface area contributed by atoms with E-state index in [9.17, 15) is 13.2 Å². The van der Waals surface area contributed by atoms with Crippen molar-refractivity contribution in [3.05, 3.63) is 82.9 Å². The molecular formula is C28H32N2O5S. The topological polar surface area (TPSA) is 84.9 Å². The molecule has 0 bridgehead atoms. The molecule has 4 rings (SSSR count). The highest BCUT2D eigenvalue weighted by molar-refractivity contribution is 7.92. The molecule has 2 atom stereocenters. The summed E-state index contributed by atoms with van der Waals surface area (Å²) < 4.78 is 40.0. The number of carbonyl (C=O) groups excluding carboxylic acids is 1. The van der Waals surface area contributed by atoms with Gasteiger partial charge >= 0.3 is 0 Å². The molecule has 8 heteroatoms. The lowest BCUT2D eigenvalue weighted by molar-refractivity contribution is -0.128. The molecule has 1 heterocycles. The minimum absolute atomic E-state index is 0.128. The Hall–Kier alpha value is -3.52. The van der Waals surface area contributed by atoms with Gasteiger partial charge in [-0.2, -0.15) is 0 Å². The third-order valence-electron chi connectivity index (χ3n) is 6.43. The van der Waals surface area contributed by atoms with E-state index >= 15 is 0 Å². The molecule has 2 unspecified atom stereocenters. The third-order valence-corrected chi connectivity index (χ3v) is 8.23. The van der Waals surface area contributed by atoms with Crippen molar-refractivity contribution in [2.75, 3.05) is 18.0 Å². The van der Waals surface area contributed by atoms with Crippen molar-refractivity contribution in [3.63, 3.8) is 0 Å². The van der Waals surface area contributed by atoms with Crippen molar-refractivity contribution in [1.29, 1.82) is 0 Å². The maximum absolute atomic E-state index is 13.7. The molecule has 3 aromatic carbocycles. The molecule has 0 spiro atoms. The van der Waals surface area contributed by atoms with Crippen LogP contribution in [0.15, 0.2) is 65.6 Å². The van der Waals surface area contributed by atoms with Crippen molar-refractivity contribution in [2.45, 2.75) is 51.2 Å². The van der Waals surface area contributed by atoms with Crippen LogP contribution in [0, 0.1) is 20.8 Å². The number of aryl methyl sites for hydroxylation is 3. The average molecular weight is 509 g/mol. The van der Waals surface area contributed by atoms with Crippen LogP contribution in [0.1, 0.15) is 41.6 Å². The van der Waals surface area contributed by atoms with E-state index in [1.54, 1.807) is 43.5 Å². The Labute approximate surface area is 213 Å². The quantitative estimate of drug-likeness (QED) is 0.494. The first-order chi connectivity index (χ1) is 17.1. The fourth-order valence-electron chi connectivity index (χ4n) is 4.37. The number of rotatable bonds is 7. The van der Waals surface area contributed by atoms with Gasteiger partial charge in [-0.05, 0) is 74.2 Å². The van der Waals surface area contributed by atoms with Crippen LogP contribution in [0.25, 0.3) is 0 Å². The van der Waals surface area contributed by atoms with E-state index in [1.165, 1.54) is 4.31 Å². The number of benzene rings is 3. The fraction of sp³-hybridized carbons (Fsp3) is 0.321. The van der Waals surface area contributed by atoms with Crippen LogP contribution >= 0.6 is 0 Å². The number of hydrogen-bond donors (Lipinski definition) is 1. The summed E-state index contributed by atoms with van der Waals surface area (Å²) in [6.07, 6.45) is -0.348. The number of carbonyl (C=O) groups is 1. The number of nitrogens with zero attached hydrogens (tertiary/aromatic N) is 1. The van der Waals surface area contributed by atoms with E-state index in [4.69, 9.17) is 9.47 Å². The molecule has 0 aliphatic carbocycles. The first-order valence-corrected chi connectivity index (χ1v) is 13.4. The van der Waals surface area contributed by atoms with Crippen molar-refractivity contribution < 1.29 is 22.7 Å². The van der Waals surface area contributed by atoms with Gasteiger partial charge in [0.05, 0.1) is 30.3 Å². The summed E-state index contributed by atoms with van der Waals surface area (Å²) in [7, 11) is -2.29. The molecule has 1 N–H and O–H groups in total. The smallest absolute Gasteiger partial charge is 0.264 e. The third kappa shape index (κ3) is 5.04. The number of nitrogens with one attached hydrogen (secondary N) is 1.